The van der Waals surface area contributed by atoms with Crippen LogP contribution in [0.3, 0.4) is 0 Å². The molecule has 0 saturated heterocycles. The van der Waals surface area contributed by atoms with Crippen molar-refractivity contribution < 1.29 is 4.74 Å². The van der Waals surface area contributed by atoms with Gasteiger partial charge in [0.25, 0.3) is 0 Å². The molecule has 0 radical (unpaired) electrons. The van der Waals surface area contributed by atoms with E-state index in [1.807, 2.05) is 36.7 Å². The van der Waals surface area contributed by atoms with Gasteiger partial charge in [0, 0.05) is 28.8 Å². The second-order valence-electron chi connectivity index (χ2n) is 7.13. The lowest BCUT2D eigenvalue weighted by Crippen LogP contribution is -2.40. The van der Waals surface area contributed by atoms with Gasteiger partial charge in [-0.25, -0.2) is 4.99 Å². The van der Waals surface area contributed by atoms with Crippen LogP contribution in [0, 0.1) is 13.8 Å². The van der Waals surface area contributed by atoms with E-state index >= 15 is 0 Å². The molecule has 3 heterocycles. The Bertz CT molecular complexity index is 1010. The molecule has 1 aliphatic rings. The maximum atomic E-state index is 5.79. The zero-order valence-corrected chi connectivity index (χ0v) is 17.8. The zero-order valence-electron chi connectivity index (χ0n) is 17.0. The molecule has 2 N–H and O–H groups in total. The third-order valence-corrected chi connectivity index (χ3v) is 6.06. The number of nitrogens with zero attached hydrogens (tertiary/aromatic N) is 4. The minimum absolute atomic E-state index is 0.150. The number of fused-ring (bicyclic) bond motifs is 1. The van der Waals surface area contributed by atoms with E-state index in [1.165, 1.54) is 9.75 Å². The number of ether oxygens (including phenoxy) is 1. The number of thiophene rings is 1. The van der Waals surface area contributed by atoms with Crippen LogP contribution in [0.15, 0.2) is 41.4 Å². The summed E-state index contributed by atoms with van der Waals surface area (Å²) in [6.07, 6.45) is 0.888. The molecular formula is C21H26N6OS. The molecule has 3 aromatic rings. The van der Waals surface area contributed by atoms with Crippen LogP contribution in [0.4, 0.5) is 0 Å². The Labute approximate surface area is 174 Å². The van der Waals surface area contributed by atoms with E-state index in [9.17, 15) is 0 Å². The van der Waals surface area contributed by atoms with E-state index in [0.717, 1.165) is 41.9 Å². The first kappa shape index (κ1) is 19.4. The van der Waals surface area contributed by atoms with Crippen molar-refractivity contribution in [2.24, 2.45) is 12.0 Å². The molecule has 0 spiro atoms. The van der Waals surface area contributed by atoms with Crippen LogP contribution in [0.2, 0.25) is 0 Å². The van der Waals surface area contributed by atoms with E-state index in [2.05, 4.69) is 46.0 Å². The second-order valence-corrected chi connectivity index (χ2v) is 8.50. The van der Waals surface area contributed by atoms with E-state index in [0.29, 0.717) is 13.2 Å². The van der Waals surface area contributed by atoms with E-state index in [4.69, 9.17) is 9.73 Å². The number of guanidine groups is 1. The fraction of sp³-hybridized carbons (Fsp3) is 0.381. The highest BCUT2D eigenvalue weighted by molar-refractivity contribution is 7.11. The molecule has 0 saturated carbocycles. The van der Waals surface area contributed by atoms with Gasteiger partial charge in [-0.3, -0.25) is 0 Å². The van der Waals surface area contributed by atoms with Gasteiger partial charge in [-0.05, 0) is 32.0 Å². The molecule has 0 aliphatic carbocycles. The monoisotopic (exact) mass is 410 g/mol. The molecule has 1 atom stereocenters. The van der Waals surface area contributed by atoms with Gasteiger partial charge in [0.15, 0.2) is 11.8 Å². The van der Waals surface area contributed by atoms with Crippen LogP contribution in [0.5, 0.6) is 5.75 Å². The lowest BCUT2D eigenvalue weighted by atomic mass is 10.0. The number of aromatic nitrogens is 3. The standard InChI is InChI=1S/C21H26N6OS/c1-14-8-9-16(29-14)12-22-21(23-13-20-26-25-15(2)27(20)3)24-18-10-11-28-19-7-5-4-6-17(18)19/h4-9,18H,10-13H2,1-3H3,(H2,22,23,24). The Kier molecular flexibility index (Phi) is 5.80. The molecule has 0 bridgehead atoms. The number of para-hydroxylation sites is 1. The van der Waals surface area contributed by atoms with Gasteiger partial charge in [0.1, 0.15) is 18.1 Å². The lowest BCUT2D eigenvalue weighted by molar-refractivity contribution is 0.261. The summed E-state index contributed by atoms with van der Waals surface area (Å²) in [5.74, 6) is 3.42. The number of benzene rings is 1. The molecule has 29 heavy (non-hydrogen) atoms. The van der Waals surface area contributed by atoms with Gasteiger partial charge in [0.05, 0.1) is 19.2 Å². The average molecular weight is 411 g/mol. The number of hydrogen-bond acceptors (Lipinski definition) is 5. The van der Waals surface area contributed by atoms with Crippen molar-refractivity contribution in [2.75, 3.05) is 6.61 Å². The third kappa shape index (κ3) is 4.59. The van der Waals surface area contributed by atoms with Gasteiger partial charge in [0.2, 0.25) is 0 Å². The van der Waals surface area contributed by atoms with Crippen molar-refractivity contribution in [1.82, 2.24) is 25.4 Å². The van der Waals surface area contributed by atoms with Gasteiger partial charge in [-0.2, -0.15) is 0 Å². The quantitative estimate of drug-likeness (QED) is 0.499. The summed E-state index contributed by atoms with van der Waals surface area (Å²) in [5, 5.41) is 15.4. The first-order chi connectivity index (χ1) is 14.1. The highest BCUT2D eigenvalue weighted by Crippen LogP contribution is 2.31. The number of rotatable bonds is 5. The summed E-state index contributed by atoms with van der Waals surface area (Å²) >= 11 is 1.79. The molecule has 0 amide bonds. The molecule has 2 aromatic heterocycles. The summed E-state index contributed by atoms with van der Waals surface area (Å²) in [5.41, 5.74) is 1.16. The Balaban J connectivity index is 1.52. The van der Waals surface area contributed by atoms with Crippen LogP contribution in [-0.2, 0) is 20.1 Å². The Morgan fingerprint density at radius 2 is 2.10 bits per heavy atom. The second kappa shape index (κ2) is 8.65. The molecule has 152 valence electrons. The zero-order chi connectivity index (χ0) is 20.2. The van der Waals surface area contributed by atoms with Crippen LogP contribution < -0.4 is 15.4 Å². The fourth-order valence-electron chi connectivity index (χ4n) is 3.30. The lowest BCUT2D eigenvalue weighted by Gasteiger charge is -2.28. The van der Waals surface area contributed by atoms with Gasteiger partial charge < -0.3 is 19.9 Å². The summed E-state index contributed by atoms with van der Waals surface area (Å²) in [7, 11) is 1.96. The summed E-state index contributed by atoms with van der Waals surface area (Å²) in [4.78, 5) is 7.38. The average Bonchev–Trinajstić information content (AvgIpc) is 3.29. The first-order valence-corrected chi connectivity index (χ1v) is 10.6. The smallest absolute Gasteiger partial charge is 0.192 e. The Morgan fingerprint density at radius 3 is 2.86 bits per heavy atom. The van der Waals surface area contributed by atoms with Crippen molar-refractivity contribution in [1.29, 1.82) is 0 Å². The van der Waals surface area contributed by atoms with Crippen LogP contribution in [-0.4, -0.2) is 27.3 Å². The highest BCUT2D eigenvalue weighted by atomic mass is 32.1. The van der Waals surface area contributed by atoms with Crippen LogP contribution >= 0.6 is 11.3 Å². The van der Waals surface area contributed by atoms with Gasteiger partial charge >= 0.3 is 0 Å². The Hall–Kier alpha value is -2.87. The predicted octanol–water partition coefficient (Wildman–Crippen LogP) is 3.25. The molecule has 1 unspecified atom stereocenters. The minimum atomic E-state index is 0.150. The molecule has 7 nitrogen and oxygen atoms in total. The molecule has 0 fully saturated rings. The van der Waals surface area contributed by atoms with Gasteiger partial charge in [-0.1, -0.05) is 18.2 Å². The molecule has 4 rings (SSSR count). The Morgan fingerprint density at radius 1 is 1.24 bits per heavy atom. The van der Waals surface area contributed by atoms with Crippen molar-refractivity contribution >= 4 is 17.3 Å². The predicted molar refractivity (Wildman–Crippen MR) is 115 cm³/mol. The van der Waals surface area contributed by atoms with Gasteiger partial charge in [-0.15, -0.1) is 21.5 Å². The molecule has 1 aliphatic heterocycles. The van der Waals surface area contributed by atoms with Crippen molar-refractivity contribution in [3.63, 3.8) is 0 Å². The summed E-state index contributed by atoms with van der Waals surface area (Å²) in [6, 6.07) is 12.6. The number of aliphatic imine (C=N–C) groups is 1. The number of hydrogen-bond donors (Lipinski definition) is 2. The van der Waals surface area contributed by atoms with Crippen LogP contribution in [0.1, 0.15) is 39.4 Å². The topological polar surface area (TPSA) is 76.4 Å². The maximum Gasteiger partial charge on any atom is 0.192 e. The highest BCUT2D eigenvalue weighted by Gasteiger charge is 2.22. The summed E-state index contributed by atoms with van der Waals surface area (Å²) in [6.45, 7) is 5.94. The fourth-order valence-corrected chi connectivity index (χ4v) is 4.13. The molecule has 1 aromatic carbocycles. The normalized spacial score (nSPS) is 16.2. The SMILES string of the molecule is Cc1ccc(CNC(=NCc2nnc(C)n2C)NC2CCOc3ccccc32)s1. The van der Waals surface area contributed by atoms with Crippen molar-refractivity contribution in [3.05, 3.63) is 63.4 Å². The number of nitrogens with one attached hydrogen (secondary N) is 2. The first-order valence-electron chi connectivity index (χ1n) is 9.77. The molecular weight excluding hydrogens is 384 g/mol. The van der Waals surface area contributed by atoms with Crippen molar-refractivity contribution in [3.8, 4) is 5.75 Å². The van der Waals surface area contributed by atoms with E-state index in [1.54, 1.807) is 11.3 Å². The third-order valence-electron chi connectivity index (χ3n) is 5.06. The van der Waals surface area contributed by atoms with E-state index in [-0.39, 0.29) is 6.04 Å². The maximum absolute atomic E-state index is 5.79. The summed E-state index contributed by atoms with van der Waals surface area (Å²) < 4.78 is 7.76. The number of aryl methyl sites for hydroxylation is 2. The largest absolute Gasteiger partial charge is 0.493 e. The van der Waals surface area contributed by atoms with E-state index < -0.39 is 0 Å². The van der Waals surface area contributed by atoms with Crippen molar-refractivity contribution in [2.45, 2.75) is 39.4 Å². The van der Waals surface area contributed by atoms with Crippen LogP contribution in [0.25, 0.3) is 0 Å². The minimum Gasteiger partial charge on any atom is -0.493 e. The molecule has 8 heteroatoms.